The topological polar surface area (TPSA) is 121 Å². The second kappa shape index (κ2) is 8.96. The largest absolute Gasteiger partial charge is 0.493 e. The molecule has 9 heteroatoms. The Morgan fingerprint density at radius 3 is 2.32 bits per heavy atom. The molecule has 0 saturated heterocycles. The molecule has 0 spiro atoms. The second-order valence-corrected chi connectivity index (χ2v) is 8.50. The van der Waals surface area contributed by atoms with Crippen LogP contribution in [0.2, 0.25) is 0 Å². The van der Waals surface area contributed by atoms with Crippen LogP contribution in [0.4, 0.5) is 0 Å². The van der Waals surface area contributed by atoms with E-state index in [1.807, 2.05) is 0 Å². The first kappa shape index (κ1) is 23.5. The van der Waals surface area contributed by atoms with Crippen molar-refractivity contribution in [2.75, 3.05) is 21.3 Å². The Kier molecular flexibility index (Phi) is 6.20. The summed E-state index contributed by atoms with van der Waals surface area (Å²) in [5.74, 6) is -2.31. The van der Waals surface area contributed by atoms with Crippen LogP contribution < -0.4 is 26.1 Å². The number of nitrogens with one attached hydrogen (secondary N) is 1. The van der Waals surface area contributed by atoms with E-state index in [1.54, 1.807) is 18.2 Å². The van der Waals surface area contributed by atoms with Gasteiger partial charge in [0.2, 0.25) is 0 Å². The molecule has 2 aromatic rings. The first-order valence-electron chi connectivity index (χ1n) is 11.2. The lowest BCUT2D eigenvalue weighted by Crippen LogP contribution is -2.50. The van der Waals surface area contributed by atoms with E-state index in [0.29, 0.717) is 5.39 Å². The Balaban J connectivity index is 2.26. The molecular weight excluding hydrogens is 442 g/mol. The molecule has 1 fully saturated rings. The molecule has 180 valence electrons. The van der Waals surface area contributed by atoms with Crippen molar-refractivity contribution in [1.82, 2.24) is 5.32 Å². The molecule has 1 N–H and O–H groups in total. The smallest absolute Gasteiger partial charge is 0.346 e. The van der Waals surface area contributed by atoms with Crippen LogP contribution in [0.15, 0.2) is 27.4 Å². The molecule has 0 aliphatic heterocycles. The van der Waals surface area contributed by atoms with E-state index >= 15 is 0 Å². The fourth-order valence-electron chi connectivity index (χ4n) is 5.19. The van der Waals surface area contributed by atoms with Gasteiger partial charge in [0.15, 0.2) is 22.5 Å². The summed E-state index contributed by atoms with van der Waals surface area (Å²) in [4.78, 5) is 53.4. The van der Waals surface area contributed by atoms with Crippen molar-refractivity contribution in [2.24, 2.45) is 5.41 Å². The number of ketones is 1. The number of fused-ring (bicyclic) bond motifs is 3. The van der Waals surface area contributed by atoms with E-state index in [9.17, 15) is 19.2 Å². The summed E-state index contributed by atoms with van der Waals surface area (Å²) in [6, 6.07) is 4.80. The van der Waals surface area contributed by atoms with Gasteiger partial charge in [-0.05, 0) is 25.8 Å². The van der Waals surface area contributed by atoms with E-state index in [2.05, 4.69) is 5.32 Å². The van der Waals surface area contributed by atoms with Gasteiger partial charge in [-0.1, -0.05) is 31.4 Å². The molecule has 9 nitrogen and oxygen atoms in total. The summed E-state index contributed by atoms with van der Waals surface area (Å²) >= 11 is 0. The van der Waals surface area contributed by atoms with E-state index in [0.717, 1.165) is 46.3 Å². The van der Waals surface area contributed by atoms with Gasteiger partial charge >= 0.3 is 17.6 Å². The molecule has 1 heterocycles. The number of carbonyl (C=O) groups excluding carboxylic acids is 3. The SMILES string of the molecule is COC(=O)C1=c2c(c(=O)oc3c(OC)cccc23)=C(NC2CCCCC2)C1(C(C)=O)C(=O)OC. The van der Waals surface area contributed by atoms with Crippen LogP contribution in [0.5, 0.6) is 5.75 Å². The van der Waals surface area contributed by atoms with Crippen molar-refractivity contribution in [2.45, 2.75) is 45.1 Å². The van der Waals surface area contributed by atoms with Crippen LogP contribution in [0.3, 0.4) is 0 Å². The molecule has 1 unspecified atom stereocenters. The molecule has 1 aromatic heterocycles. The summed E-state index contributed by atoms with van der Waals surface area (Å²) in [6.45, 7) is 1.19. The zero-order chi connectivity index (χ0) is 24.6. The van der Waals surface area contributed by atoms with E-state index in [1.165, 1.54) is 14.0 Å². The Morgan fingerprint density at radius 1 is 1.03 bits per heavy atom. The Bertz CT molecular complexity index is 1370. The van der Waals surface area contributed by atoms with Gasteiger partial charge in [-0.2, -0.15) is 0 Å². The lowest BCUT2D eigenvalue weighted by molar-refractivity contribution is -0.152. The summed E-state index contributed by atoms with van der Waals surface area (Å²) in [5.41, 5.74) is -3.18. The highest BCUT2D eigenvalue weighted by Crippen LogP contribution is 2.42. The number of hydrogen-bond donors (Lipinski definition) is 1. The number of ether oxygens (including phenoxy) is 3. The van der Waals surface area contributed by atoms with Crippen LogP contribution >= 0.6 is 0 Å². The monoisotopic (exact) mass is 469 g/mol. The normalized spacial score (nSPS) is 20.1. The molecule has 1 atom stereocenters. The molecule has 2 aliphatic carbocycles. The third kappa shape index (κ3) is 3.29. The predicted molar refractivity (Wildman–Crippen MR) is 122 cm³/mol. The zero-order valence-corrected chi connectivity index (χ0v) is 19.6. The number of hydrogen-bond acceptors (Lipinski definition) is 9. The molecule has 34 heavy (non-hydrogen) atoms. The number of methoxy groups -OCH3 is 3. The molecular formula is C25H27NO8. The van der Waals surface area contributed by atoms with Crippen molar-refractivity contribution in [3.05, 3.63) is 39.1 Å². The predicted octanol–water partition coefficient (Wildman–Crippen LogP) is 0.918. The molecule has 0 amide bonds. The van der Waals surface area contributed by atoms with E-state index in [4.69, 9.17) is 18.6 Å². The lowest BCUT2D eigenvalue weighted by atomic mass is 9.75. The average molecular weight is 469 g/mol. The molecule has 1 saturated carbocycles. The maximum absolute atomic E-state index is 13.4. The fourth-order valence-corrected chi connectivity index (χ4v) is 5.19. The standard InChI is InChI=1S/C25H27NO8/c1-13(27)25(24(30)33-4)19(23(29)32-3)17-15-11-8-12-16(31-2)20(15)34-22(28)18(17)21(25)26-14-9-6-5-7-10-14/h8,11-12,14,26H,5-7,9-10H2,1-4H3. The zero-order valence-electron chi connectivity index (χ0n) is 19.6. The van der Waals surface area contributed by atoms with E-state index in [-0.39, 0.29) is 39.1 Å². The Labute approximate surface area is 195 Å². The van der Waals surface area contributed by atoms with Crippen LogP contribution in [0.25, 0.3) is 22.2 Å². The van der Waals surface area contributed by atoms with Crippen molar-refractivity contribution >= 4 is 40.0 Å². The first-order valence-corrected chi connectivity index (χ1v) is 11.2. The van der Waals surface area contributed by atoms with Crippen molar-refractivity contribution in [3.63, 3.8) is 0 Å². The minimum Gasteiger partial charge on any atom is -0.493 e. The Morgan fingerprint density at radius 2 is 1.74 bits per heavy atom. The van der Waals surface area contributed by atoms with Crippen LogP contribution in [-0.2, 0) is 23.9 Å². The summed E-state index contributed by atoms with van der Waals surface area (Å²) < 4.78 is 21.1. The number of carbonyl (C=O) groups is 3. The van der Waals surface area contributed by atoms with Crippen molar-refractivity contribution in [1.29, 1.82) is 0 Å². The van der Waals surface area contributed by atoms with Crippen LogP contribution in [0.1, 0.15) is 39.0 Å². The van der Waals surface area contributed by atoms with Crippen LogP contribution in [0, 0.1) is 5.41 Å². The van der Waals surface area contributed by atoms with Gasteiger partial charge in [0, 0.05) is 16.6 Å². The first-order chi connectivity index (χ1) is 16.3. The van der Waals surface area contributed by atoms with Gasteiger partial charge in [0.25, 0.3) is 0 Å². The molecule has 4 rings (SSSR count). The molecule has 2 aliphatic rings. The molecule has 0 bridgehead atoms. The van der Waals surface area contributed by atoms with Gasteiger partial charge in [0.05, 0.1) is 37.8 Å². The maximum Gasteiger partial charge on any atom is 0.346 e. The third-order valence-electron chi connectivity index (χ3n) is 6.73. The van der Waals surface area contributed by atoms with Crippen molar-refractivity contribution in [3.8, 4) is 5.75 Å². The van der Waals surface area contributed by atoms with Crippen molar-refractivity contribution < 1.29 is 33.0 Å². The van der Waals surface area contributed by atoms with Gasteiger partial charge in [-0.3, -0.25) is 9.59 Å². The highest BCUT2D eigenvalue weighted by Gasteiger charge is 2.58. The average Bonchev–Trinajstić information content (AvgIpc) is 3.16. The summed E-state index contributed by atoms with van der Waals surface area (Å²) in [6.07, 6.45) is 4.56. The number of esters is 2. The van der Waals surface area contributed by atoms with Crippen LogP contribution in [-0.4, -0.2) is 45.1 Å². The van der Waals surface area contributed by atoms with E-state index < -0.39 is 28.8 Å². The minimum atomic E-state index is -2.20. The van der Waals surface area contributed by atoms with Gasteiger partial charge in [0.1, 0.15) is 0 Å². The van der Waals surface area contributed by atoms with Gasteiger partial charge in [-0.25, -0.2) is 9.59 Å². The number of Topliss-reactive ketones (excluding diaryl/α,β-unsaturated/α-hetero) is 1. The van der Waals surface area contributed by atoms with Gasteiger partial charge < -0.3 is 23.9 Å². The fraction of sp³-hybridized carbons (Fsp3) is 0.440. The Hall–Kier alpha value is -3.62. The quantitative estimate of drug-likeness (QED) is 0.374. The number of rotatable bonds is 6. The third-order valence-corrected chi connectivity index (χ3v) is 6.73. The number of para-hydroxylation sites is 1. The minimum absolute atomic E-state index is 0.00706. The molecule has 0 radical (unpaired) electrons. The highest BCUT2D eigenvalue weighted by molar-refractivity contribution is 6.33. The molecule has 1 aromatic carbocycles. The second-order valence-electron chi connectivity index (χ2n) is 8.50. The number of benzene rings is 1. The van der Waals surface area contributed by atoms with Gasteiger partial charge in [-0.15, -0.1) is 0 Å². The highest BCUT2D eigenvalue weighted by atomic mass is 16.5. The summed E-state index contributed by atoms with van der Waals surface area (Å²) in [7, 11) is 3.70. The summed E-state index contributed by atoms with van der Waals surface area (Å²) in [5, 5.41) is 3.68. The maximum atomic E-state index is 13.4. The lowest BCUT2D eigenvalue weighted by Gasteiger charge is -2.33.